The SMILES string of the molecule is Cc1ccc(C)c(S(=O)(=O)NC[C@@H](c2ccc(N(C)C)cc2)[NH+]2CCOCC2)c1. The van der Waals surface area contributed by atoms with Gasteiger partial charge in [0.15, 0.2) is 0 Å². The predicted molar refractivity (Wildman–Crippen MR) is 116 cm³/mol. The Balaban J connectivity index is 1.84. The van der Waals surface area contributed by atoms with E-state index < -0.39 is 10.0 Å². The molecule has 0 unspecified atom stereocenters. The topological polar surface area (TPSA) is 63.1 Å². The molecule has 158 valence electrons. The van der Waals surface area contributed by atoms with Crippen LogP contribution in [-0.2, 0) is 14.8 Å². The highest BCUT2D eigenvalue weighted by Gasteiger charge is 2.28. The Labute approximate surface area is 174 Å². The van der Waals surface area contributed by atoms with Gasteiger partial charge in [-0.25, -0.2) is 13.1 Å². The molecule has 0 bridgehead atoms. The van der Waals surface area contributed by atoms with Crippen molar-refractivity contribution in [2.75, 3.05) is 51.8 Å². The van der Waals surface area contributed by atoms with Crippen LogP contribution in [0.4, 0.5) is 5.69 Å². The number of ether oxygens (including phenoxy) is 1. The van der Waals surface area contributed by atoms with Crippen LogP contribution in [0.5, 0.6) is 0 Å². The number of anilines is 1. The zero-order valence-corrected chi connectivity index (χ0v) is 18.6. The molecule has 0 spiro atoms. The fraction of sp³-hybridized carbons (Fsp3) is 0.455. The van der Waals surface area contributed by atoms with E-state index in [9.17, 15) is 8.42 Å². The molecule has 1 atom stereocenters. The lowest BCUT2D eigenvalue weighted by Crippen LogP contribution is -3.15. The summed E-state index contributed by atoms with van der Waals surface area (Å²) in [6, 6.07) is 13.9. The van der Waals surface area contributed by atoms with Gasteiger partial charge in [-0.3, -0.25) is 0 Å². The number of benzene rings is 2. The Hall–Kier alpha value is -1.93. The summed E-state index contributed by atoms with van der Waals surface area (Å²) in [6.07, 6.45) is 0. The molecule has 0 amide bonds. The second-order valence-electron chi connectivity index (χ2n) is 7.93. The highest BCUT2D eigenvalue weighted by Crippen LogP contribution is 2.19. The van der Waals surface area contributed by atoms with E-state index in [2.05, 4.69) is 33.9 Å². The molecule has 1 fully saturated rings. The lowest BCUT2D eigenvalue weighted by Gasteiger charge is -2.32. The maximum atomic E-state index is 13.0. The van der Waals surface area contributed by atoms with Crippen molar-refractivity contribution in [1.29, 1.82) is 0 Å². The van der Waals surface area contributed by atoms with Crippen LogP contribution in [-0.4, -0.2) is 55.4 Å². The fourth-order valence-electron chi connectivity index (χ4n) is 3.75. The highest BCUT2D eigenvalue weighted by molar-refractivity contribution is 7.89. The fourth-order valence-corrected chi connectivity index (χ4v) is 5.13. The summed E-state index contributed by atoms with van der Waals surface area (Å²) < 4.78 is 34.4. The third-order valence-corrected chi connectivity index (χ3v) is 7.12. The summed E-state index contributed by atoms with van der Waals surface area (Å²) in [4.78, 5) is 3.76. The summed E-state index contributed by atoms with van der Waals surface area (Å²) in [5.74, 6) is 0. The van der Waals surface area contributed by atoms with Gasteiger partial charge in [0.2, 0.25) is 10.0 Å². The molecule has 0 aromatic heterocycles. The van der Waals surface area contributed by atoms with E-state index in [0.29, 0.717) is 24.7 Å². The monoisotopic (exact) mass is 418 g/mol. The van der Waals surface area contributed by atoms with Gasteiger partial charge < -0.3 is 14.5 Å². The van der Waals surface area contributed by atoms with Gasteiger partial charge in [0.1, 0.15) is 19.1 Å². The average Bonchev–Trinajstić information content (AvgIpc) is 2.71. The lowest BCUT2D eigenvalue weighted by atomic mass is 10.0. The number of nitrogens with one attached hydrogen (secondary N) is 2. The van der Waals surface area contributed by atoms with Crippen LogP contribution in [0.2, 0.25) is 0 Å². The summed E-state index contributed by atoms with van der Waals surface area (Å²) in [7, 11) is 0.444. The standard InChI is InChI=1S/C22H31N3O3S/c1-17-5-6-18(2)22(15-17)29(26,27)23-16-21(25-11-13-28-14-12-25)19-7-9-20(10-8-19)24(3)4/h5-10,15,21,23H,11-14,16H2,1-4H3/p+1/t21-/m0/s1. The van der Waals surface area contributed by atoms with Gasteiger partial charge in [-0.1, -0.05) is 24.3 Å². The summed E-state index contributed by atoms with van der Waals surface area (Å²) in [5, 5.41) is 0. The lowest BCUT2D eigenvalue weighted by molar-refractivity contribution is -0.937. The molecule has 1 heterocycles. The molecule has 2 aromatic carbocycles. The molecule has 2 N–H and O–H groups in total. The number of hydrogen-bond donors (Lipinski definition) is 2. The average molecular weight is 419 g/mol. The van der Waals surface area contributed by atoms with E-state index in [1.165, 1.54) is 4.90 Å². The number of sulfonamides is 1. The molecule has 6 nitrogen and oxygen atoms in total. The zero-order chi connectivity index (χ0) is 21.0. The molecule has 0 saturated carbocycles. The first-order valence-corrected chi connectivity index (χ1v) is 11.5. The molecule has 29 heavy (non-hydrogen) atoms. The molecule has 2 aromatic rings. The molecular weight excluding hydrogens is 386 g/mol. The zero-order valence-electron chi connectivity index (χ0n) is 17.7. The van der Waals surface area contributed by atoms with Gasteiger partial charge in [-0.2, -0.15) is 0 Å². The maximum absolute atomic E-state index is 13.0. The van der Waals surface area contributed by atoms with Crippen LogP contribution < -0.4 is 14.5 Å². The van der Waals surface area contributed by atoms with Gasteiger partial charge in [-0.05, 0) is 43.2 Å². The Morgan fingerprint density at radius 2 is 1.72 bits per heavy atom. The molecule has 1 saturated heterocycles. The van der Waals surface area contributed by atoms with E-state index in [0.717, 1.165) is 35.5 Å². The van der Waals surface area contributed by atoms with Crippen molar-refractivity contribution in [2.45, 2.75) is 24.8 Å². The van der Waals surface area contributed by atoms with Crippen LogP contribution in [0.15, 0.2) is 47.4 Å². The minimum atomic E-state index is -3.58. The van der Waals surface area contributed by atoms with Gasteiger partial charge >= 0.3 is 0 Å². The van der Waals surface area contributed by atoms with Gasteiger partial charge in [-0.15, -0.1) is 0 Å². The Kier molecular flexibility index (Phi) is 6.95. The van der Waals surface area contributed by atoms with Crippen molar-refractivity contribution in [3.63, 3.8) is 0 Å². The number of rotatable bonds is 7. The van der Waals surface area contributed by atoms with E-state index >= 15 is 0 Å². The quantitative estimate of drug-likeness (QED) is 0.712. The highest BCUT2D eigenvalue weighted by atomic mass is 32.2. The van der Waals surface area contributed by atoms with E-state index in [1.54, 1.807) is 6.07 Å². The molecule has 7 heteroatoms. The number of nitrogens with zero attached hydrogens (tertiary/aromatic N) is 1. The van der Waals surface area contributed by atoms with Crippen molar-refractivity contribution in [3.05, 3.63) is 59.2 Å². The third-order valence-electron chi connectivity index (χ3n) is 5.55. The Bertz CT molecular complexity index is 921. The number of quaternary nitrogens is 1. The largest absolute Gasteiger partial charge is 0.378 e. The molecule has 0 radical (unpaired) electrons. The van der Waals surface area contributed by atoms with E-state index in [4.69, 9.17) is 4.74 Å². The number of aryl methyl sites for hydroxylation is 2. The second kappa shape index (κ2) is 9.26. The smallest absolute Gasteiger partial charge is 0.241 e. The molecule has 0 aliphatic carbocycles. The maximum Gasteiger partial charge on any atom is 0.241 e. The van der Waals surface area contributed by atoms with E-state index in [-0.39, 0.29) is 6.04 Å². The van der Waals surface area contributed by atoms with Gasteiger partial charge in [0.05, 0.1) is 24.7 Å². The summed E-state index contributed by atoms with van der Waals surface area (Å²) in [5.41, 5.74) is 3.95. The van der Waals surface area contributed by atoms with Crippen LogP contribution >= 0.6 is 0 Å². The second-order valence-corrected chi connectivity index (χ2v) is 9.67. The van der Waals surface area contributed by atoms with Crippen molar-refractivity contribution in [1.82, 2.24) is 4.72 Å². The normalized spacial score (nSPS) is 16.6. The van der Waals surface area contributed by atoms with E-state index in [1.807, 2.05) is 40.1 Å². The molecule has 1 aliphatic rings. The van der Waals surface area contributed by atoms with Crippen molar-refractivity contribution in [2.24, 2.45) is 0 Å². The Morgan fingerprint density at radius 1 is 1.07 bits per heavy atom. The first-order chi connectivity index (χ1) is 13.8. The van der Waals surface area contributed by atoms with Crippen molar-refractivity contribution in [3.8, 4) is 0 Å². The summed E-state index contributed by atoms with van der Waals surface area (Å²) >= 11 is 0. The summed E-state index contributed by atoms with van der Waals surface area (Å²) in [6.45, 7) is 7.23. The third kappa shape index (κ3) is 5.36. The van der Waals surface area contributed by atoms with Crippen LogP contribution in [0, 0.1) is 13.8 Å². The van der Waals surface area contributed by atoms with Crippen molar-refractivity contribution >= 4 is 15.7 Å². The van der Waals surface area contributed by atoms with Crippen molar-refractivity contribution < 1.29 is 18.1 Å². The van der Waals surface area contributed by atoms with Crippen LogP contribution in [0.1, 0.15) is 22.7 Å². The molecular formula is C22H32N3O3S+. The number of hydrogen-bond acceptors (Lipinski definition) is 4. The number of morpholine rings is 1. The minimum Gasteiger partial charge on any atom is -0.378 e. The van der Waals surface area contributed by atoms with Crippen LogP contribution in [0.25, 0.3) is 0 Å². The molecule has 3 rings (SSSR count). The van der Waals surface area contributed by atoms with Gasteiger partial charge in [0, 0.05) is 25.3 Å². The molecule has 1 aliphatic heterocycles. The first-order valence-electron chi connectivity index (χ1n) is 10.0. The van der Waals surface area contributed by atoms with Gasteiger partial charge in [0.25, 0.3) is 0 Å². The first kappa shape index (κ1) is 21.8. The predicted octanol–water partition coefficient (Wildman–Crippen LogP) is 1.30. The Morgan fingerprint density at radius 3 is 2.34 bits per heavy atom. The van der Waals surface area contributed by atoms with Crippen LogP contribution in [0.3, 0.4) is 0 Å². The minimum absolute atomic E-state index is 0.0370.